The van der Waals surface area contributed by atoms with Gasteiger partial charge in [0.05, 0.1) is 18.6 Å². The lowest BCUT2D eigenvalue weighted by Gasteiger charge is -2.33. The molecule has 0 spiro atoms. The van der Waals surface area contributed by atoms with E-state index in [0.717, 1.165) is 10.6 Å². The van der Waals surface area contributed by atoms with Gasteiger partial charge in [0.15, 0.2) is 0 Å². The highest BCUT2D eigenvalue weighted by molar-refractivity contribution is 7.92. The van der Waals surface area contributed by atoms with E-state index in [9.17, 15) is 18.0 Å². The van der Waals surface area contributed by atoms with Gasteiger partial charge >= 0.3 is 0 Å². The minimum absolute atomic E-state index is 0.0754. The van der Waals surface area contributed by atoms with Gasteiger partial charge in [0.2, 0.25) is 21.8 Å². The van der Waals surface area contributed by atoms with E-state index in [1.807, 2.05) is 0 Å². The van der Waals surface area contributed by atoms with Crippen molar-refractivity contribution in [1.29, 1.82) is 0 Å². The SMILES string of the molecule is CCOc1ccccc1N(CC(=O)N(Cc1c(Cl)cccc1Cl)C(CC)C(=O)NC)S(C)(=O)=O. The minimum atomic E-state index is -3.88. The van der Waals surface area contributed by atoms with Crippen LogP contribution in [-0.2, 0) is 26.2 Å². The summed E-state index contributed by atoms with van der Waals surface area (Å²) in [7, 11) is -2.41. The molecule has 0 aliphatic carbocycles. The Morgan fingerprint density at radius 3 is 2.21 bits per heavy atom. The molecule has 0 aromatic heterocycles. The molecule has 1 N–H and O–H groups in total. The average Bonchev–Trinajstić information content (AvgIpc) is 2.78. The molecule has 2 aromatic carbocycles. The van der Waals surface area contributed by atoms with Gasteiger partial charge < -0.3 is 15.0 Å². The number of rotatable bonds is 11. The van der Waals surface area contributed by atoms with Crippen molar-refractivity contribution < 1.29 is 22.7 Å². The molecule has 186 valence electrons. The zero-order chi connectivity index (χ0) is 25.5. The second kappa shape index (κ2) is 12.3. The molecule has 2 amide bonds. The Bertz CT molecular complexity index is 1110. The topological polar surface area (TPSA) is 96.0 Å². The number of ether oxygens (including phenoxy) is 1. The lowest BCUT2D eigenvalue weighted by Crippen LogP contribution is -2.51. The van der Waals surface area contributed by atoms with Crippen LogP contribution in [0.4, 0.5) is 5.69 Å². The Balaban J connectivity index is 2.53. The fourth-order valence-corrected chi connectivity index (χ4v) is 4.85. The van der Waals surface area contributed by atoms with Crippen molar-refractivity contribution in [3.63, 3.8) is 0 Å². The zero-order valence-corrected chi connectivity index (χ0v) is 21.9. The van der Waals surface area contributed by atoms with Crippen LogP contribution in [0, 0.1) is 0 Å². The third kappa shape index (κ3) is 6.77. The largest absolute Gasteiger partial charge is 0.492 e. The van der Waals surface area contributed by atoms with E-state index in [1.165, 1.54) is 11.9 Å². The number of sulfonamides is 1. The number of anilines is 1. The number of carbonyl (C=O) groups excluding carboxylic acids is 2. The fourth-order valence-electron chi connectivity index (χ4n) is 3.48. The van der Waals surface area contributed by atoms with Gasteiger partial charge in [-0.15, -0.1) is 0 Å². The molecule has 0 aliphatic rings. The van der Waals surface area contributed by atoms with E-state index in [0.29, 0.717) is 34.4 Å². The van der Waals surface area contributed by atoms with Crippen molar-refractivity contribution in [3.05, 3.63) is 58.1 Å². The standard InChI is InChI=1S/C23H29Cl2N3O5S/c1-5-19(23(30)26-3)27(14-16-17(24)10-9-11-18(16)25)22(29)15-28(34(4,31)32)20-12-7-8-13-21(20)33-6-2/h7-13,19H,5-6,14-15H2,1-4H3,(H,26,30). The van der Waals surface area contributed by atoms with Crippen molar-refractivity contribution in [2.45, 2.75) is 32.9 Å². The molecule has 1 atom stereocenters. The molecule has 34 heavy (non-hydrogen) atoms. The van der Waals surface area contributed by atoms with Gasteiger partial charge in [-0.1, -0.05) is 48.3 Å². The second-order valence-electron chi connectivity index (χ2n) is 7.43. The van der Waals surface area contributed by atoms with Crippen LogP contribution in [0.2, 0.25) is 10.0 Å². The van der Waals surface area contributed by atoms with E-state index in [2.05, 4.69) is 5.32 Å². The smallest absolute Gasteiger partial charge is 0.244 e. The fraction of sp³-hybridized carbons (Fsp3) is 0.391. The molecule has 1 unspecified atom stereocenters. The monoisotopic (exact) mass is 529 g/mol. The number of amides is 2. The first-order chi connectivity index (χ1) is 16.0. The number of nitrogens with one attached hydrogen (secondary N) is 1. The normalized spacial score (nSPS) is 12.1. The molecule has 0 fully saturated rings. The van der Waals surface area contributed by atoms with Crippen LogP contribution < -0.4 is 14.4 Å². The first-order valence-electron chi connectivity index (χ1n) is 10.7. The van der Waals surface area contributed by atoms with E-state index in [1.54, 1.807) is 56.3 Å². The van der Waals surface area contributed by atoms with Crippen molar-refractivity contribution in [1.82, 2.24) is 10.2 Å². The number of hydrogen-bond donors (Lipinski definition) is 1. The molecular weight excluding hydrogens is 501 g/mol. The Kier molecular flexibility index (Phi) is 10.0. The van der Waals surface area contributed by atoms with Gasteiger partial charge in [0, 0.05) is 29.2 Å². The lowest BCUT2D eigenvalue weighted by molar-refractivity contribution is -0.140. The number of halogens is 2. The first kappa shape index (κ1) is 27.8. The van der Waals surface area contributed by atoms with Crippen LogP contribution in [0.3, 0.4) is 0 Å². The van der Waals surface area contributed by atoms with Crippen LogP contribution in [0.5, 0.6) is 5.75 Å². The van der Waals surface area contributed by atoms with E-state index in [4.69, 9.17) is 27.9 Å². The van der Waals surface area contributed by atoms with Crippen LogP contribution in [0.25, 0.3) is 0 Å². The van der Waals surface area contributed by atoms with Crippen molar-refractivity contribution in [3.8, 4) is 5.75 Å². The maximum absolute atomic E-state index is 13.6. The molecule has 0 aliphatic heterocycles. The predicted molar refractivity (Wildman–Crippen MR) is 135 cm³/mol. The van der Waals surface area contributed by atoms with Crippen LogP contribution in [0.1, 0.15) is 25.8 Å². The van der Waals surface area contributed by atoms with Crippen molar-refractivity contribution in [2.24, 2.45) is 0 Å². The van der Waals surface area contributed by atoms with Crippen molar-refractivity contribution in [2.75, 3.05) is 30.8 Å². The highest BCUT2D eigenvalue weighted by Crippen LogP contribution is 2.31. The van der Waals surface area contributed by atoms with Gasteiger partial charge in [0.1, 0.15) is 18.3 Å². The number of para-hydroxylation sites is 2. The summed E-state index contributed by atoms with van der Waals surface area (Å²) in [6.45, 7) is 3.23. The summed E-state index contributed by atoms with van der Waals surface area (Å²) in [5.74, 6) is -0.662. The third-order valence-electron chi connectivity index (χ3n) is 5.14. The van der Waals surface area contributed by atoms with Gasteiger partial charge in [-0.05, 0) is 37.6 Å². The summed E-state index contributed by atoms with van der Waals surface area (Å²) >= 11 is 12.6. The maximum Gasteiger partial charge on any atom is 0.244 e. The third-order valence-corrected chi connectivity index (χ3v) is 6.97. The Morgan fingerprint density at radius 2 is 1.68 bits per heavy atom. The number of likely N-dealkylation sites (N-methyl/N-ethyl adjacent to an activating group) is 1. The van der Waals surface area contributed by atoms with Gasteiger partial charge in [-0.25, -0.2) is 8.42 Å². The molecule has 8 nitrogen and oxygen atoms in total. The summed E-state index contributed by atoms with van der Waals surface area (Å²) in [6.07, 6.45) is 1.30. The first-order valence-corrected chi connectivity index (χ1v) is 13.3. The zero-order valence-electron chi connectivity index (χ0n) is 19.5. The molecule has 0 saturated heterocycles. The lowest BCUT2D eigenvalue weighted by atomic mass is 10.1. The Hall–Kier alpha value is -2.49. The summed E-state index contributed by atoms with van der Waals surface area (Å²) in [5.41, 5.74) is 0.686. The van der Waals surface area contributed by atoms with Gasteiger partial charge in [0.25, 0.3) is 0 Å². The molecule has 2 rings (SSSR count). The highest BCUT2D eigenvalue weighted by atomic mass is 35.5. The van der Waals surface area contributed by atoms with E-state index >= 15 is 0 Å². The van der Waals surface area contributed by atoms with Crippen molar-refractivity contribution >= 4 is 50.7 Å². The number of benzene rings is 2. The van der Waals surface area contributed by atoms with Gasteiger partial charge in [-0.3, -0.25) is 13.9 Å². The summed E-state index contributed by atoms with van der Waals surface area (Å²) in [5, 5.41) is 3.22. The summed E-state index contributed by atoms with van der Waals surface area (Å²) in [6, 6.07) is 10.6. The summed E-state index contributed by atoms with van der Waals surface area (Å²) < 4.78 is 32.0. The van der Waals surface area contributed by atoms with Gasteiger partial charge in [-0.2, -0.15) is 0 Å². The predicted octanol–water partition coefficient (Wildman–Crippen LogP) is 3.71. The number of carbonyl (C=O) groups is 2. The number of hydrogen-bond acceptors (Lipinski definition) is 5. The van der Waals surface area contributed by atoms with Crippen LogP contribution in [-0.4, -0.2) is 57.6 Å². The van der Waals surface area contributed by atoms with Crippen LogP contribution >= 0.6 is 23.2 Å². The molecule has 0 bridgehead atoms. The molecule has 0 radical (unpaired) electrons. The molecule has 11 heteroatoms. The minimum Gasteiger partial charge on any atom is -0.492 e. The number of nitrogens with zero attached hydrogens (tertiary/aromatic N) is 2. The van der Waals surface area contributed by atoms with E-state index in [-0.39, 0.29) is 18.1 Å². The quantitative estimate of drug-likeness (QED) is 0.478. The summed E-state index contributed by atoms with van der Waals surface area (Å²) in [4.78, 5) is 27.5. The molecule has 2 aromatic rings. The molecule has 0 saturated carbocycles. The molecular formula is C23H29Cl2N3O5S. The Labute approximate surface area is 210 Å². The van der Waals surface area contributed by atoms with Crippen LogP contribution in [0.15, 0.2) is 42.5 Å². The van der Waals surface area contributed by atoms with E-state index < -0.39 is 28.5 Å². The molecule has 0 heterocycles. The second-order valence-corrected chi connectivity index (χ2v) is 10.2. The average molecular weight is 530 g/mol. The highest BCUT2D eigenvalue weighted by Gasteiger charge is 2.32. The Morgan fingerprint density at radius 1 is 1.06 bits per heavy atom. The maximum atomic E-state index is 13.6.